The lowest BCUT2D eigenvalue weighted by Gasteiger charge is -2.21. The van der Waals surface area contributed by atoms with Crippen LogP contribution >= 0.6 is 23.5 Å². The molecule has 0 N–H and O–H groups in total. The quantitative estimate of drug-likeness (QED) is 0.584. The molecule has 0 aliphatic carbocycles. The summed E-state index contributed by atoms with van der Waals surface area (Å²) in [6.07, 6.45) is 3.24. The summed E-state index contributed by atoms with van der Waals surface area (Å²) in [7, 11) is 0. The van der Waals surface area contributed by atoms with E-state index in [0.717, 1.165) is 11.5 Å². The minimum Gasteiger partial charge on any atom is -0.467 e. The summed E-state index contributed by atoms with van der Waals surface area (Å²) in [5.74, 6) is 3.85. The van der Waals surface area contributed by atoms with Crippen molar-refractivity contribution in [2.45, 2.75) is 17.7 Å². The number of hydrogen-bond acceptors (Lipinski definition) is 5. The highest BCUT2D eigenvalue weighted by molar-refractivity contribution is 8.19. The summed E-state index contributed by atoms with van der Waals surface area (Å²) in [5.41, 5.74) is 1.96. The molecule has 26 heavy (non-hydrogen) atoms. The van der Waals surface area contributed by atoms with Gasteiger partial charge in [-0.05, 0) is 42.0 Å². The fourth-order valence-corrected chi connectivity index (χ4v) is 5.76. The molecule has 0 unspecified atom stereocenters. The predicted octanol–water partition coefficient (Wildman–Crippen LogP) is 5.19. The molecule has 0 spiro atoms. The Morgan fingerprint density at radius 3 is 2.00 bits per heavy atom. The second kappa shape index (κ2) is 8.10. The first kappa shape index (κ1) is 17.4. The highest BCUT2D eigenvalue weighted by Crippen LogP contribution is 2.45. The molecule has 0 atom stereocenters. The Labute approximate surface area is 160 Å². The first-order valence-electron chi connectivity index (χ1n) is 8.47. The highest BCUT2D eigenvalue weighted by atomic mass is 32.2. The average molecular weight is 386 g/mol. The van der Waals surface area contributed by atoms with Gasteiger partial charge in [0.15, 0.2) is 0 Å². The van der Waals surface area contributed by atoms with Crippen LogP contribution in [0.2, 0.25) is 0 Å². The molecular formula is C20H19NO3S2. The normalized spacial score (nSPS) is 14.6. The molecule has 1 amide bonds. The second-order valence-electron chi connectivity index (χ2n) is 6.02. The van der Waals surface area contributed by atoms with Gasteiger partial charge in [0.1, 0.15) is 11.5 Å². The molecule has 3 aromatic rings. The average Bonchev–Trinajstić information content (AvgIpc) is 3.43. The van der Waals surface area contributed by atoms with Gasteiger partial charge in [-0.25, -0.2) is 0 Å². The number of nitrogens with zero attached hydrogens (tertiary/aromatic N) is 1. The van der Waals surface area contributed by atoms with Crippen LogP contribution in [0.25, 0.3) is 0 Å². The molecule has 3 heterocycles. The van der Waals surface area contributed by atoms with Gasteiger partial charge < -0.3 is 13.7 Å². The third kappa shape index (κ3) is 4.02. The van der Waals surface area contributed by atoms with E-state index >= 15 is 0 Å². The van der Waals surface area contributed by atoms with Gasteiger partial charge in [-0.15, -0.1) is 23.5 Å². The molecule has 1 aliphatic rings. The summed E-state index contributed by atoms with van der Waals surface area (Å²) in [4.78, 5) is 14.8. The van der Waals surface area contributed by atoms with Crippen molar-refractivity contribution in [3.8, 4) is 0 Å². The molecule has 1 fully saturated rings. The Balaban J connectivity index is 1.52. The number of hydrogen-bond donors (Lipinski definition) is 0. The van der Waals surface area contributed by atoms with E-state index in [1.165, 1.54) is 17.1 Å². The molecule has 1 saturated heterocycles. The Hall–Kier alpha value is -2.05. The lowest BCUT2D eigenvalue weighted by atomic mass is 10.1. The smallest absolute Gasteiger partial charge is 0.254 e. The minimum atomic E-state index is -0.0314. The van der Waals surface area contributed by atoms with Crippen LogP contribution < -0.4 is 0 Å². The van der Waals surface area contributed by atoms with Crippen molar-refractivity contribution in [3.63, 3.8) is 0 Å². The van der Waals surface area contributed by atoms with Crippen LogP contribution in [-0.2, 0) is 13.1 Å². The van der Waals surface area contributed by atoms with Gasteiger partial charge in [-0.2, -0.15) is 0 Å². The van der Waals surface area contributed by atoms with Gasteiger partial charge >= 0.3 is 0 Å². The molecular weight excluding hydrogens is 366 g/mol. The van der Waals surface area contributed by atoms with Crippen molar-refractivity contribution in [1.82, 2.24) is 4.90 Å². The predicted molar refractivity (Wildman–Crippen MR) is 105 cm³/mol. The van der Waals surface area contributed by atoms with E-state index in [9.17, 15) is 4.79 Å². The lowest BCUT2D eigenvalue weighted by molar-refractivity contribution is 0.0705. The van der Waals surface area contributed by atoms with E-state index in [4.69, 9.17) is 8.83 Å². The third-order valence-corrected chi connectivity index (χ3v) is 7.30. The van der Waals surface area contributed by atoms with Crippen molar-refractivity contribution in [2.75, 3.05) is 11.5 Å². The maximum absolute atomic E-state index is 13.1. The third-order valence-electron chi connectivity index (χ3n) is 4.19. The maximum atomic E-state index is 13.1. The Bertz CT molecular complexity index is 786. The molecule has 1 aromatic carbocycles. The van der Waals surface area contributed by atoms with Gasteiger partial charge in [0.25, 0.3) is 5.91 Å². The zero-order valence-corrected chi connectivity index (χ0v) is 15.8. The van der Waals surface area contributed by atoms with Crippen molar-refractivity contribution in [1.29, 1.82) is 0 Å². The van der Waals surface area contributed by atoms with Crippen LogP contribution in [0.1, 0.15) is 32.0 Å². The topological polar surface area (TPSA) is 46.6 Å². The number of benzene rings is 1. The summed E-state index contributed by atoms with van der Waals surface area (Å²) >= 11 is 3.93. The fraction of sp³-hybridized carbons (Fsp3) is 0.250. The molecule has 4 rings (SSSR count). The van der Waals surface area contributed by atoms with Crippen LogP contribution in [0.15, 0.2) is 69.9 Å². The molecule has 0 bridgehead atoms. The molecule has 134 valence electrons. The zero-order chi connectivity index (χ0) is 17.8. The Morgan fingerprint density at radius 1 is 0.923 bits per heavy atom. The number of furan rings is 2. The van der Waals surface area contributed by atoms with E-state index in [1.807, 2.05) is 59.9 Å². The van der Waals surface area contributed by atoms with E-state index < -0.39 is 0 Å². The summed E-state index contributed by atoms with van der Waals surface area (Å²) < 4.78 is 11.3. The van der Waals surface area contributed by atoms with E-state index in [2.05, 4.69) is 12.1 Å². The van der Waals surface area contributed by atoms with Crippen LogP contribution in [0.3, 0.4) is 0 Å². The Morgan fingerprint density at radius 2 is 1.50 bits per heavy atom. The van der Waals surface area contributed by atoms with Gasteiger partial charge in [0, 0.05) is 17.1 Å². The molecule has 1 aliphatic heterocycles. The standard InChI is InChI=1S/C20H19NO3S2/c22-19(15-5-7-16(8-6-15)20-25-11-12-26-20)21(13-17-3-1-9-23-17)14-18-4-2-10-24-18/h1-10,20H,11-14H2. The fourth-order valence-electron chi connectivity index (χ4n) is 2.90. The zero-order valence-electron chi connectivity index (χ0n) is 14.2. The lowest BCUT2D eigenvalue weighted by Crippen LogP contribution is -2.29. The Kier molecular flexibility index (Phi) is 5.41. The van der Waals surface area contributed by atoms with Crippen molar-refractivity contribution in [2.24, 2.45) is 0 Å². The maximum Gasteiger partial charge on any atom is 0.254 e. The first-order valence-corrected chi connectivity index (χ1v) is 10.6. The highest BCUT2D eigenvalue weighted by Gasteiger charge is 2.21. The van der Waals surface area contributed by atoms with E-state index in [1.54, 1.807) is 17.4 Å². The molecule has 4 nitrogen and oxygen atoms in total. The van der Waals surface area contributed by atoms with Gasteiger partial charge in [-0.1, -0.05) is 12.1 Å². The van der Waals surface area contributed by atoms with Gasteiger partial charge in [-0.3, -0.25) is 4.79 Å². The number of carbonyl (C=O) groups excluding carboxylic acids is 1. The number of carbonyl (C=O) groups is 1. The van der Waals surface area contributed by atoms with E-state index in [0.29, 0.717) is 23.2 Å². The first-order chi connectivity index (χ1) is 12.8. The largest absolute Gasteiger partial charge is 0.467 e. The monoisotopic (exact) mass is 385 g/mol. The van der Waals surface area contributed by atoms with Crippen LogP contribution in [-0.4, -0.2) is 22.3 Å². The van der Waals surface area contributed by atoms with Crippen LogP contribution in [0, 0.1) is 0 Å². The second-order valence-corrected chi connectivity index (χ2v) is 8.74. The number of thioether (sulfide) groups is 2. The van der Waals surface area contributed by atoms with Crippen molar-refractivity contribution in [3.05, 3.63) is 83.7 Å². The summed E-state index contributed by atoms with van der Waals surface area (Å²) in [6.45, 7) is 0.811. The number of rotatable bonds is 6. The van der Waals surface area contributed by atoms with Crippen molar-refractivity contribution < 1.29 is 13.6 Å². The summed E-state index contributed by atoms with van der Waals surface area (Å²) in [6, 6.07) is 15.4. The van der Waals surface area contributed by atoms with Crippen molar-refractivity contribution >= 4 is 29.4 Å². The minimum absolute atomic E-state index is 0.0314. The molecule has 2 aromatic heterocycles. The SMILES string of the molecule is O=C(c1ccc(C2SCCS2)cc1)N(Cc1ccco1)Cc1ccco1. The van der Waals surface area contributed by atoms with Gasteiger partial charge in [0.05, 0.1) is 30.2 Å². The molecule has 0 saturated carbocycles. The van der Waals surface area contributed by atoms with Crippen LogP contribution in [0.4, 0.5) is 0 Å². The van der Waals surface area contributed by atoms with Gasteiger partial charge in [0.2, 0.25) is 0 Å². The van der Waals surface area contributed by atoms with Crippen LogP contribution in [0.5, 0.6) is 0 Å². The molecule has 6 heteroatoms. The van der Waals surface area contributed by atoms with E-state index in [-0.39, 0.29) is 5.91 Å². The summed E-state index contributed by atoms with van der Waals surface area (Å²) in [5, 5.41) is 0. The molecule has 0 radical (unpaired) electrons. The number of amides is 1.